The number of carbonyl (C=O) groups is 1. The van der Waals surface area contributed by atoms with Crippen molar-refractivity contribution in [3.8, 4) is 5.82 Å². The third-order valence-electron chi connectivity index (χ3n) is 6.36. The topological polar surface area (TPSA) is 121 Å². The Labute approximate surface area is 256 Å². The first-order valence-electron chi connectivity index (χ1n) is 12.7. The van der Waals surface area contributed by atoms with E-state index in [-0.39, 0.29) is 10.6 Å². The van der Waals surface area contributed by atoms with Gasteiger partial charge < -0.3 is 15.3 Å². The van der Waals surface area contributed by atoms with Gasteiger partial charge in [0.25, 0.3) is 10.0 Å². The van der Waals surface area contributed by atoms with E-state index in [9.17, 15) is 18.3 Å². The van der Waals surface area contributed by atoms with Gasteiger partial charge in [0.05, 0.1) is 28.5 Å². The SMILES string of the molecule is CN(C)CCNc1cnc(-n2ccc3cc(N(C(C(=O)O)C(C)(C)C)S(=O)(=O)c4cc(Br)cc(Br)c4)ccc32)cn1. The fourth-order valence-electron chi connectivity index (χ4n) is 4.45. The first-order chi connectivity index (χ1) is 19.2. The van der Waals surface area contributed by atoms with Crippen LogP contribution in [0.2, 0.25) is 0 Å². The van der Waals surface area contributed by atoms with Crippen molar-refractivity contribution in [1.82, 2.24) is 19.4 Å². The van der Waals surface area contributed by atoms with E-state index < -0.39 is 27.4 Å². The van der Waals surface area contributed by atoms with Crippen LogP contribution in [-0.4, -0.2) is 72.2 Å². The minimum Gasteiger partial charge on any atom is -0.480 e. The second-order valence-corrected chi connectivity index (χ2v) is 14.6. The summed E-state index contributed by atoms with van der Waals surface area (Å²) in [5.74, 6) is 0.00566. The molecule has 2 aromatic heterocycles. The molecule has 13 heteroatoms. The summed E-state index contributed by atoms with van der Waals surface area (Å²) < 4.78 is 32.2. The normalized spacial score (nSPS) is 13.0. The summed E-state index contributed by atoms with van der Waals surface area (Å²) in [6.45, 7) is 6.71. The van der Waals surface area contributed by atoms with Crippen molar-refractivity contribution < 1.29 is 18.3 Å². The van der Waals surface area contributed by atoms with Gasteiger partial charge in [0, 0.05) is 33.6 Å². The van der Waals surface area contributed by atoms with Crippen molar-refractivity contribution in [1.29, 1.82) is 0 Å². The van der Waals surface area contributed by atoms with Gasteiger partial charge in [-0.25, -0.2) is 23.2 Å². The minimum atomic E-state index is -4.31. The number of nitrogens with one attached hydrogen (secondary N) is 1. The van der Waals surface area contributed by atoms with Crippen molar-refractivity contribution in [2.45, 2.75) is 31.7 Å². The molecule has 41 heavy (non-hydrogen) atoms. The zero-order valence-corrected chi connectivity index (χ0v) is 27.3. The van der Waals surface area contributed by atoms with E-state index in [1.165, 1.54) is 12.1 Å². The summed E-state index contributed by atoms with van der Waals surface area (Å²) in [5, 5.41) is 14.2. The molecule has 4 aromatic rings. The van der Waals surface area contributed by atoms with Crippen LogP contribution in [0.1, 0.15) is 20.8 Å². The van der Waals surface area contributed by atoms with E-state index >= 15 is 0 Å². The maximum atomic E-state index is 14.1. The van der Waals surface area contributed by atoms with Crippen LogP contribution in [0.15, 0.2) is 74.9 Å². The lowest BCUT2D eigenvalue weighted by Crippen LogP contribution is -2.52. The average Bonchev–Trinajstić information content (AvgIpc) is 3.29. The summed E-state index contributed by atoms with van der Waals surface area (Å²) in [5.41, 5.74) is 0.0720. The molecule has 2 N–H and O–H groups in total. The summed E-state index contributed by atoms with van der Waals surface area (Å²) in [6.07, 6.45) is 5.14. The van der Waals surface area contributed by atoms with Crippen molar-refractivity contribution >= 4 is 70.3 Å². The van der Waals surface area contributed by atoms with Crippen LogP contribution in [-0.2, 0) is 14.8 Å². The number of anilines is 2. The number of nitrogens with zero attached hydrogens (tertiary/aromatic N) is 5. The number of hydrogen-bond donors (Lipinski definition) is 2. The van der Waals surface area contributed by atoms with Gasteiger partial charge in [-0.3, -0.25) is 8.87 Å². The second-order valence-electron chi connectivity index (χ2n) is 10.9. The maximum absolute atomic E-state index is 14.1. The largest absolute Gasteiger partial charge is 0.480 e. The van der Waals surface area contributed by atoms with Crippen LogP contribution < -0.4 is 9.62 Å². The Balaban J connectivity index is 1.77. The molecule has 218 valence electrons. The first kappa shape index (κ1) is 30.9. The molecular weight excluding hydrogens is 676 g/mol. The van der Waals surface area contributed by atoms with Gasteiger partial charge in [-0.05, 0) is 62.0 Å². The molecule has 0 bridgehead atoms. The number of aromatic nitrogens is 3. The molecule has 10 nitrogen and oxygen atoms in total. The maximum Gasteiger partial charge on any atom is 0.328 e. The highest BCUT2D eigenvalue weighted by atomic mass is 79.9. The quantitative estimate of drug-likeness (QED) is 0.218. The molecule has 4 rings (SSSR count). The Hall–Kier alpha value is -3.00. The zero-order chi connectivity index (χ0) is 30.1. The van der Waals surface area contributed by atoms with E-state index in [0.29, 0.717) is 26.0 Å². The van der Waals surface area contributed by atoms with Gasteiger partial charge in [-0.2, -0.15) is 0 Å². The van der Waals surface area contributed by atoms with Crippen molar-refractivity contribution in [3.63, 3.8) is 0 Å². The van der Waals surface area contributed by atoms with Crippen LogP contribution in [0.5, 0.6) is 0 Å². The molecule has 1 unspecified atom stereocenters. The van der Waals surface area contributed by atoms with Gasteiger partial charge >= 0.3 is 5.97 Å². The molecule has 0 fully saturated rings. The number of sulfonamides is 1. The Kier molecular flexibility index (Phi) is 9.12. The third kappa shape index (κ3) is 6.91. The van der Waals surface area contributed by atoms with Crippen molar-refractivity contribution in [2.75, 3.05) is 36.8 Å². The van der Waals surface area contributed by atoms with Gasteiger partial charge in [-0.1, -0.05) is 52.6 Å². The molecule has 0 saturated heterocycles. The van der Waals surface area contributed by atoms with E-state index in [2.05, 4.69) is 52.0 Å². The number of fused-ring (bicyclic) bond motifs is 1. The molecule has 2 heterocycles. The highest BCUT2D eigenvalue weighted by molar-refractivity contribution is 9.11. The first-order valence-corrected chi connectivity index (χ1v) is 15.8. The number of carboxylic acid groups (broad SMARTS) is 1. The van der Waals surface area contributed by atoms with Gasteiger partial charge in [0.15, 0.2) is 5.82 Å². The van der Waals surface area contributed by atoms with Crippen LogP contribution >= 0.6 is 31.9 Å². The lowest BCUT2D eigenvalue weighted by atomic mass is 9.86. The fourth-order valence-corrected chi connectivity index (χ4v) is 7.90. The highest BCUT2D eigenvalue weighted by Gasteiger charge is 2.43. The molecule has 0 aliphatic carbocycles. The molecule has 0 aliphatic heterocycles. The average molecular weight is 708 g/mol. The van der Waals surface area contributed by atoms with E-state index in [4.69, 9.17) is 0 Å². The number of aliphatic carboxylic acids is 1. The number of halogens is 2. The standard InChI is InChI=1S/C28H32Br2N6O4S/c1-28(2,3)26(27(37)38)36(41(39,40)22-14-19(29)13-20(30)15-22)21-6-7-23-18(12-21)8-10-35(23)25-17-32-24(16-33-25)31-9-11-34(4)5/h6-8,10,12-17,26H,9,11H2,1-5H3,(H,31,32)(H,37,38). The molecular formula is C28H32Br2N6O4S. The predicted molar refractivity (Wildman–Crippen MR) is 168 cm³/mol. The molecule has 1 atom stereocenters. The van der Waals surface area contributed by atoms with Gasteiger partial charge in [-0.15, -0.1) is 0 Å². The van der Waals surface area contributed by atoms with Crippen molar-refractivity contribution in [2.24, 2.45) is 5.41 Å². The Morgan fingerprint density at radius 3 is 2.29 bits per heavy atom. The second kappa shape index (κ2) is 12.1. The highest BCUT2D eigenvalue weighted by Crippen LogP contribution is 2.37. The van der Waals surface area contributed by atoms with E-state index in [0.717, 1.165) is 22.9 Å². The molecule has 0 amide bonds. The molecule has 0 saturated carbocycles. The Morgan fingerprint density at radius 2 is 1.73 bits per heavy atom. The van der Waals surface area contributed by atoms with Crippen LogP contribution in [0.25, 0.3) is 16.7 Å². The number of hydrogen-bond acceptors (Lipinski definition) is 7. The molecule has 2 aromatic carbocycles. The number of likely N-dealkylation sites (N-methyl/N-ethyl adjacent to an activating group) is 1. The minimum absolute atomic E-state index is 0.0403. The number of rotatable bonds is 10. The van der Waals surface area contributed by atoms with Crippen LogP contribution in [0.4, 0.5) is 11.5 Å². The molecule has 0 radical (unpaired) electrons. The smallest absolute Gasteiger partial charge is 0.328 e. The summed E-state index contributed by atoms with van der Waals surface area (Å²) in [7, 11) is -0.308. The Morgan fingerprint density at radius 1 is 1.05 bits per heavy atom. The molecule has 0 aliphatic rings. The number of carboxylic acids is 1. The van der Waals surface area contributed by atoms with Crippen LogP contribution in [0, 0.1) is 5.41 Å². The lowest BCUT2D eigenvalue weighted by molar-refractivity contribution is -0.140. The van der Waals surface area contributed by atoms with Gasteiger partial charge in [0.1, 0.15) is 11.9 Å². The van der Waals surface area contributed by atoms with E-state index in [1.807, 2.05) is 30.9 Å². The molecule has 0 spiro atoms. The predicted octanol–water partition coefficient (Wildman–Crippen LogP) is 5.61. The van der Waals surface area contributed by atoms with E-state index in [1.54, 1.807) is 57.4 Å². The third-order valence-corrected chi connectivity index (χ3v) is 9.05. The summed E-state index contributed by atoms with van der Waals surface area (Å²) >= 11 is 6.69. The summed E-state index contributed by atoms with van der Waals surface area (Å²) in [4.78, 5) is 23.6. The monoisotopic (exact) mass is 706 g/mol. The number of benzene rings is 2. The fraction of sp³-hybridized carbons (Fsp3) is 0.321. The Bertz CT molecular complexity index is 1650. The van der Waals surface area contributed by atoms with Gasteiger partial charge in [0.2, 0.25) is 0 Å². The van der Waals surface area contributed by atoms with Crippen molar-refractivity contribution in [3.05, 3.63) is 70.0 Å². The van der Waals surface area contributed by atoms with Crippen LogP contribution in [0.3, 0.4) is 0 Å². The lowest BCUT2D eigenvalue weighted by Gasteiger charge is -2.37. The zero-order valence-electron chi connectivity index (χ0n) is 23.3. The summed E-state index contributed by atoms with van der Waals surface area (Å²) in [6, 6.07) is 10.1.